The molecule has 2 amide bonds. The number of carbonyl (C=O) groups excluding carboxylic acids is 2. The number of benzene rings is 1. The Kier molecular flexibility index (Phi) is 5.10. The third-order valence-electron chi connectivity index (χ3n) is 3.62. The second-order valence-corrected chi connectivity index (χ2v) is 5.05. The van der Waals surface area contributed by atoms with Gasteiger partial charge in [0.2, 0.25) is 11.8 Å². The zero-order valence-corrected chi connectivity index (χ0v) is 13.5. The van der Waals surface area contributed by atoms with Crippen molar-refractivity contribution in [1.29, 1.82) is 0 Å². The third-order valence-corrected chi connectivity index (χ3v) is 3.62. The molecule has 1 fully saturated rings. The smallest absolute Gasteiger partial charge is 0.248 e. The van der Waals surface area contributed by atoms with Gasteiger partial charge >= 0.3 is 0 Å². The van der Waals surface area contributed by atoms with Gasteiger partial charge in [-0.15, -0.1) is 0 Å². The zero-order chi connectivity index (χ0) is 17.0. The largest absolute Gasteiger partial charge is 0.496 e. The Morgan fingerprint density at radius 3 is 2.26 bits per heavy atom. The highest BCUT2D eigenvalue weighted by molar-refractivity contribution is 5.98. The van der Waals surface area contributed by atoms with Crippen molar-refractivity contribution in [2.24, 2.45) is 0 Å². The quantitative estimate of drug-likeness (QED) is 0.809. The Balaban J connectivity index is 2.36. The number of rotatable bonds is 5. The molecule has 1 aromatic carbocycles. The van der Waals surface area contributed by atoms with E-state index in [9.17, 15) is 9.59 Å². The molecule has 1 heterocycles. The van der Waals surface area contributed by atoms with Crippen LogP contribution in [-0.4, -0.2) is 51.1 Å². The van der Waals surface area contributed by atoms with Gasteiger partial charge in [0, 0.05) is 17.7 Å². The predicted octanol–water partition coefficient (Wildman–Crippen LogP) is 0.727. The van der Waals surface area contributed by atoms with Crippen molar-refractivity contribution in [3.05, 3.63) is 29.8 Å². The van der Waals surface area contributed by atoms with Crippen LogP contribution in [0.2, 0.25) is 0 Å². The summed E-state index contributed by atoms with van der Waals surface area (Å²) >= 11 is 0. The molecular formula is C16H20N2O5. The highest BCUT2D eigenvalue weighted by Crippen LogP contribution is 2.35. The van der Waals surface area contributed by atoms with E-state index in [2.05, 4.69) is 11.9 Å². The molecule has 0 unspecified atom stereocenters. The lowest BCUT2D eigenvalue weighted by Crippen LogP contribution is -2.35. The molecule has 7 nitrogen and oxygen atoms in total. The van der Waals surface area contributed by atoms with Gasteiger partial charge in [-0.25, -0.2) is 0 Å². The molecule has 1 aliphatic rings. The van der Waals surface area contributed by atoms with Crippen LogP contribution in [-0.2, 0) is 16.1 Å². The van der Waals surface area contributed by atoms with E-state index in [1.54, 1.807) is 19.2 Å². The van der Waals surface area contributed by atoms with Crippen molar-refractivity contribution in [1.82, 2.24) is 10.2 Å². The predicted molar refractivity (Wildman–Crippen MR) is 83.7 cm³/mol. The van der Waals surface area contributed by atoms with Crippen LogP contribution in [0, 0.1) is 0 Å². The monoisotopic (exact) mass is 320 g/mol. The molecule has 1 N–H and O–H groups in total. The van der Waals surface area contributed by atoms with E-state index < -0.39 is 0 Å². The average Bonchev–Trinajstić information content (AvgIpc) is 2.68. The lowest BCUT2D eigenvalue weighted by atomic mass is 10.1. The van der Waals surface area contributed by atoms with Gasteiger partial charge in [0.15, 0.2) is 0 Å². The second-order valence-electron chi connectivity index (χ2n) is 5.05. The molecule has 1 aliphatic heterocycles. The minimum absolute atomic E-state index is 0.0569. The fraction of sp³-hybridized carbons (Fsp3) is 0.375. The van der Waals surface area contributed by atoms with E-state index >= 15 is 0 Å². The fourth-order valence-electron chi connectivity index (χ4n) is 2.35. The standard InChI is InChI=1S/C16H20N2O5/c1-10-8-18(15(19)7-17-16(10)20)9-12-13(22-3)5-11(21-2)6-14(12)23-4/h5-6H,1,7-9H2,2-4H3,(H,17,20). The van der Waals surface area contributed by atoms with Gasteiger partial charge in [-0.2, -0.15) is 0 Å². The van der Waals surface area contributed by atoms with Crippen molar-refractivity contribution in [3.8, 4) is 17.2 Å². The van der Waals surface area contributed by atoms with Crippen molar-refractivity contribution in [2.75, 3.05) is 34.4 Å². The van der Waals surface area contributed by atoms with E-state index in [0.29, 0.717) is 28.4 Å². The first-order valence-corrected chi connectivity index (χ1v) is 7.02. The molecule has 0 aromatic heterocycles. The van der Waals surface area contributed by atoms with Crippen LogP contribution in [0.25, 0.3) is 0 Å². The number of hydrogen-bond acceptors (Lipinski definition) is 5. The van der Waals surface area contributed by atoms with Crippen LogP contribution < -0.4 is 19.5 Å². The summed E-state index contributed by atoms with van der Waals surface area (Å²) in [6.07, 6.45) is 0. The van der Waals surface area contributed by atoms with Crippen molar-refractivity contribution >= 4 is 11.8 Å². The average molecular weight is 320 g/mol. The maximum Gasteiger partial charge on any atom is 0.248 e. The second kappa shape index (κ2) is 7.04. The Hall–Kier alpha value is -2.70. The van der Waals surface area contributed by atoms with Crippen molar-refractivity contribution < 1.29 is 23.8 Å². The molecule has 1 aromatic rings. The summed E-state index contributed by atoms with van der Waals surface area (Å²) in [5.41, 5.74) is 1.04. The lowest BCUT2D eigenvalue weighted by molar-refractivity contribution is -0.130. The Bertz CT molecular complexity index is 616. The molecule has 23 heavy (non-hydrogen) atoms. The molecule has 0 spiro atoms. The number of nitrogens with one attached hydrogen (secondary N) is 1. The molecule has 0 bridgehead atoms. The highest BCUT2D eigenvalue weighted by Gasteiger charge is 2.25. The molecule has 7 heteroatoms. The third kappa shape index (κ3) is 3.56. The molecule has 0 atom stereocenters. The maximum absolute atomic E-state index is 12.2. The summed E-state index contributed by atoms with van der Waals surface area (Å²) in [5, 5.41) is 2.52. The van der Waals surface area contributed by atoms with E-state index in [1.165, 1.54) is 19.1 Å². The molecule has 124 valence electrons. The topological polar surface area (TPSA) is 77.1 Å². The first kappa shape index (κ1) is 16.7. The number of amides is 2. The summed E-state index contributed by atoms with van der Waals surface area (Å²) in [4.78, 5) is 25.4. The molecule has 1 saturated heterocycles. The summed E-state index contributed by atoms with van der Waals surface area (Å²) < 4.78 is 16.0. The number of nitrogens with zero attached hydrogens (tertiary/aromatic N) is 1. The van der Waals surface area contributed by atoms with Crippen LogP contribution in [0.1, 0.15) is 5.56 Å². The normalized spacial score (nSPS) is 15.1. The van der Waals surface area contributed by atoms with Gasteiger partial charge in [0.25, 0.3) is 0 Å². The van der Waals surface area contributed by atoms with Gasteiger partial charge in [-0.1, -0.05) is 6.58 Å². The molecule has 2 rings (SSSR count). The zero-order valence-electron chi connectivity index (χ0n) is 13.5. The lowest BCUT2D eigenvalue weighted by Gasteiger charge is -2.23. The summed E-state index contributed by atoms with van der Waals surface area (Å²) in [5.74, 6) is 1.17. The van der Waals surface area contributed by atoms with E-state index in [1.807, 2.05) is 0 Å². The number of methoxy groups -OCH3 is 3. The van der Waals surface area contributed by atoms with Gasteiger partial charge in [0.1, 0.15) is 17.2 Å². The van der Waals surface area contributed by atoms with Crippen LogP contribution in [0.4, 0.5) is 0 Å². The number of hydrogen-bond donors (Lipinski definition) is 1. The van der Waals surface area contributed by atoms with Crippen LogP contribution >= 0.6 is 0 Å². The first-order valence-electron chi connectivity index (χ1n) is 7.02. The van der Waals surface area contributed by atoms with Gasteiger partial charge in [0.05, 0.1) is 46.5 Å². The highest BCUT2D eigenvalue weighted by atomic mass is 16.5. The summed E-state index contributed by atoms with van der Waals surface area (Å²) in [6.45, 7) is 4.04. The molecule has 0 aliphatic carbocycles. The SMILES string of the molecule is C=C1CN(Cc2c(OC)cc(OC)cc2OC)C(=O)CNC1=O. The van der Waals surface area contributed by atoms with Crippen LogP contribution in [0.15, 0.2) is 24.3 Å². The van der Waals surface area contributed by atoms with Gasteiger partial charge < -0.3 is 24.4 Å². The number of ether oxygens (including phenoxy) is 3. The van der Waals surface area contributed by atoms with E-state index in [0.717, 1.165) is 0 Å². The first-order chi connectivity index (χ1) is 11.0. The van der Waals surface area contributed by atoms with Gasteiger partial charge in [-0.05, 0) is 0 Å². The molecule has 0 radical (unpaired) electrons. The summed E-state index contributed by atoms with van der Waals surface area (Å²) in [7, 11) is 4.62. The number of carbonyl (C=O) groups is 2. The van der Waals surface area contributed by atoms with Crippen LogP contribution in [0.5, 0.6) is 17.2 Å². The minimum atomic E-state index is -0.311. The Morgan fingerprint density at radius 2 is 1.74 bits per heavy atom. The van der Waals surface area contributed by atoms with Crippen molar-refractivity contribution in [3.63, 3.8) is 0 Å². The maximum atomic E-state index is 12.2. The Labute approximate surface area is 134 Å². The minimum Gasteiger partial charge on any atom is -0.496 e. The van der Waals surface area contributed by atoms with Crippen LogP contribution in [0.3, 0.4) is 0 Å². The van der Waals surface area contributed by atoms with E-state index in [-0.39, 0.29) is 31.4 Å². The van der Waals surface area contributed by atoms with Crippen molar-refractivity contribution in [2.45, 2.75) is 6.54 Å². The summed E-state index contributed by atoms with van der Waals surface area (Å²) in [6, 6.07) is 3.44. The van der Waals surface area contributed by atoms with E-state index in [4.69, 9.17) is 14.2 Å². The molecule has 0 saturated carbocycles. The van der Waals surface area contributed by atoms with Gasteiger partial charge in [-0.3, -0.25) is 9.59 Å². The Morgan fingerprint density at radius 1 is 1.13 bits per heavy atom. The molecular weight excluding hydrogens is 300 g/mol. The fourth-order valence-corrected chi connectivity index (χ4v) is 2.35.